The molecule has 61 heavy (non-hydrogen) atoms. The van der Waals surface area contributed by atoms with Crippen LogP contribution in [0.5, 0.6) is 11.5 Å². The number of ether oxygens (including phenoxy) is 8. The van der Waals surface area contributed by atoms with Gasteiger partial charge in [0.15, 0.2) is 0 Å². The van der Waals surface area contributed by atoms with Crippen LogP contribution in [0.1, 0.15) is 0 Å². The van der Waals surface area contributed by atoms with Gasteiger partial charge in [0.25, 0.3) is 0 Å². The molecule has 0 aliphatic rings. The number of hydrogen-bond donors (Lipinski definition) is 0. The van der Waals surface area contributed by atoms with Gasteiger partial charge in [-0.15, -0.1) is 22.7 Å². The molecule has 0 N–H and O–H groups in total. The molecule has 322 valence electrons. The van der Waals surface area contributed by atoms with Gasteiger partial charge in [0.1, 0.15) is 46.8 Å². The molecular weight excluding hydrogens is 969 g/mol. The van der Waals surface area contributed by atoms with Gasteiger partial charge in [-0.25, -0.2) is 9.97 Å². The first-order valence-electron chi connectivity index (χ1n) is 19.9. The van der Waals surface area contributed by atoms with Crippen molar-refractivity contribution in [2.45, 2.75) is 0 Å². The molecule has 4 heterocycles. The molecule has 4 aromatic heterocycles. The zero-order chi connectivity index (χ0) is 41.9. The molecule has 0 bridgehead atoms. The summed E-state index contributed by atoms with van der Waals surface area (Å²) in [6, 6.07) is 24.2. The summed E-state index contributed by atoms with van der Waals surface area (Å²) in [5.41, 5.74) is 8.29. The van der Waals surface area contributed by atoms with E-state index in [1.54, 1.807) is 22.7 Å². The van der Waals surface area contributed by atoms with E-state index < -0.39 is 0 Å². The Labute approximate surface area is 384 Å². The molecule has 0 aliphatic heterocycles. The third-order valence-corrected chi connectivity index (χ3v) is 12.0. The highest BCUT2D eigenvalue weighted by molar-refractivity contribution is 9.09. The average Bonchev–Trinajstić information content (AvgIpc) is 4.12. The molecule has 0 atom stereocenters. The van der Waals surface area contributed by atoms with E-state index in [9.17, 15) is 0 Å². The summed E-state index contributed by atoms with van der Waals surface area (Å²) in [6.45, 7) is 7.26. The second-order valence-corrected chi connectivity index (χ2v) is 17.1. The lowest BCUT2D eigenvalue weighted by molar-refractivity contribution is 0.0119. The number of rotatable bonds is 28. The first kappa shape index (κ1) is 45.6. The van der Waals surface area contributed by atoms with Gasteiger partial charge in [0.05, 0.1) is 102 Å². The number of aromatic nitrogens is 4. The van der Waals surface area contributed by atoms with Crippen LogP contribution in [0.4, 0.5) is 0 Å². The Kier molecular flexibility index (Phi) is 18.7. The normalized spacial score (nSPS) is 11.6. The fourth-order valence-electron chi connectivity index (χ4n) is 6.28. The molecule has 0 radical (unpaired) electrons. The summed E-state index contributed by atoms with van der Waals surface area (Å²) in [6.07, 6.45) is 0. The van der Waals surface area contributed by atoms with Gasteiger partial charge < -0.3 is 37.9 Å². The predicted molar refractivity (Wildman–Crippen MR) is 252 cm³/mol. The Balaban J connectivity index is 1.11. The number of fused-ring (bicyclic) bond motifs is 2. The van der Waals surface area contributed by atoms with Crippen LogP contribution in [0.2, 0.25) is 0 Å². The van der Waals surface area contributed by atoms with Gasteiger partial charge in [0, 0.05) is 42.7 Å². The SMILES string of the molecule is BrCCOCCOCCOCCOc1ccc(-c2nc3c(-c4cccs4)c4nsnc4c(-c4cccs4)c3nc2-c2ccc(OCCOCCOCCOCCBr)cc2)cc1. The largest absolute Gasteiger partial charge is 0.491 e. The van der Waals surface area contributed by atoms with Gasteiger partial charge in [-0.05, 0) is 71.4 Å². The Bertz CT molecular complexity index is 2170. The molecule has 0 unspecified atom stereocenters. The van der Waals surface area contributed by atoms with Crippen molar-refractivity contribution in [1.29, 1.82) is 0 Å². The molecule has 17 heteroatoms. The molecule has 0 saturated heterocycles. The van der Waals surface area contributed by atoms with Crippen molar-refractivity contribution in [1.82, 2.24) is 18.7 Å². The van der Waals surface area contributed by atoms with E-state index in [1.807, 2.05) is 60.7 Å². The molecule has 0 aliphatic carbocycles. The summed E-state index contributed by atoms with van der Waals surface area (Å²) >= 11 is 11.2. The first-order valence-corrected chi connectivity index (χ1v) is 24.6. The van der Waals surface area contributed by atoms with Crippen LogP contribution < -0.4 is 9.47 Å². The standard InChI is InChI=1S/C44H46Br2N4O8S3/c45-13-15-51-17-19-53-21-23-55-25-27-57-33-9-5-31(6-10-33)39-40(32-7-11-34(12-8-32)58-28-26-56-24-22-54-20-18-52-16-14-46)48-42-38(36-4-2-30-60-36)44-43(49-61-50-44)37(41(42)47-39)35-3-1-29-59-35/h1-12,29-30H,13-28H2. The molecule has 0 fully saturated rings. The molecule has 0 spiro atoms. The second kappa shape index (κ2) is 25.0. The average molecular weight is 1010 g/mol. The van der Waals surface area contributed by atoms with E-state index in [2.05, 4.69) is 54.8 Å². The maximum absolute atomic E-state index is 6.04. The fraction of sp³-hybridized carbons (Fsp3) is 0.364. The van der Waals surface area contributed by atoms with Gasteiger partial charge in [0.2, 0.25) is 0 Å². The number of thiophene rings is 2. The summed E-state index contributed by atoms with van der Waals surface area (Å²) < 4.78 is 55.0. The number of halogens is 2. The fourth-order valence-corrected chi connectivity index (χ4v) is 8.85. The zero-order valence-electron chi connectivity index (χ0n) is 33.4. The Morgan fingerprint density at radius 3 is 1.11 bits per heavy atom. The molecule has 12 nitrogen and oxygen atoms in total. The minimum absolute atomic E-state index is 0.408. The van der Waals surface area contributed by atoms with E-state index >= 15 is 0 Å². The molecule has 0 amide bonds. The summed E-state index contributed by atoms with van der Waals surface area (Å²) in [4.78, 5) is 13.1. The maximum atomic E-state index is 6.04. The number of alkyl halides is 2. The van der Waals surface area contributed by atoms with Gasteiger partial charge in [-0.1, -0.05) is 44.0 Å². The topological polar surface area (TPSA) is 125 Å². The predicted octanol–water partition coefficient (Wildman–Crippen LogP) is 10.1. The zero-order valence-corrected chi connectivity index (χ0v) is 39.1. The molecule has 7 rings (SSSR count). The summed E-state index contributed by atoms with van der Waals surface area (Å²) in [5.74, 6) is 1.46. The molecule has 3 aromatic carbocycles. The van der Waals surface area contributed by atoms with Crippen LogP contribution in [0.15, 0.2) is 83.6 Å². The van der Waals surface area contributed by atoms with E-state index in [1.165, 1.54) is 11.7 Å². The highest BCUT2D eigenvalue weighted by Crippen LogP contribution is 2.45. The summed E-state index contributed by atoms with van der Waals surface area (Å²) in [7, 11) is 0. The Hall–Kier alpha value is -3.46. The molecule has 7 aromatic rings. The van der Waals surface area contributed by atoms with E-state index in [-0.39, 0.29) is 0 Å². The van der Waals surface area contributed by atoms with Crippen LogP contribution >= 0.6 is 66.3 Å². The van der Waals surface area contributed by atoms with Crippen LogP contribution in [-0.2, 0) is 28.4 Å². The van der Waals surface area contributed by atoms with Gasteiger partial charge in [-0.2, -0.15) is 8.75 Å². The maximum Gasteiger partial charge on any atom is 0.119 e. The van der Waals surface area contributed by atoms with Crippen molar-refractivity contribution in [3.63, 3.8) is 0 Å². The van der Waals surface area contributed by atoms with Crippen LogP contribution in [0.25, 0.3) is 65.5 Å². The van der Waals surface area contributed by atoms with Gasteiger partial charge in [-0.3, -0.25) is 0 Å². The lowest BCUT2D eigenvalue weighted by Gasteiger charge is -2.16. The third-order valence-electron chi connectivity index (χ3n) is 9.05. The number of benzene rings is 3. The van der Waals surface area contributed by atoms with Gasteiger partial charge >= 0.3 is 0 Å². The highest BCUT2D eigenvalue weighted by Gasteiger charge is 2.25. The lowest BCUT2D eigenvalue weighted by atomic mass is 9.99. The Morgan fingerprint density at radius 1 is 0.410 bits per heavy atom. The molecular formula is C44H46Br2N4O8S3. The van der Waals surface area contributed by atoms with Crippen molar-refractivity contribution in [2.24, 2.45) is 0 Å². The van der Waals surface area contributed by atoms with E-state index in [0.717, 1.165) is 87.6 Å². The van der Waals surface area contributed by atoms with Crippen molar-refractivity contribution in [3.05, 3.63) is 83.6 Å². The van der Waals surface area contributed by atoms with Crippen LogP contribution in [0.3, 0.4) is 0 Å². The number of nitrogens with zero attached hydrogens (tertiary/aromatic N) is 4. The van der Waals surface area contributed by atoms with Crippen LogP contribution in [-0.4, -0.2) is 122 Å². The quantitative estimate of drug-likeness (QED) is 0.0343. The number of hydrogen-bond acceptors (Lipinski definition) is 15. The minimum Gasteiger partial charge on any atom is -0.491 e. The smallest absolute Gasteiger partial charge is 0.119 e. The monoisotopic (exact) mass is 1010 g/mol. The minimum atomic E-state index is 0.408. The lowest BCUT2D eigenvalue weighted by Crippen LogP contribution is -2.13. The van der Waals surface area contributed by atoms with E-state index in [4.69, 9.17) is 56.6 Å². The van der Waals surface area contributed by atoms with Crippen molar-refractivity contribution >= 4 is 88.3 Å². The van der Waals surface area contributed by atoms with Crippen LogP contribution in [0, 0.1) is 0 Å². The molecule has 0 saturated carbocycles. The first-order chi connectivity index (χ1) is 30.2. The summed E-state index contributed by atoms with van der Waals surface area (Å²) in [5, 5.41) is 5.77. The van der Waals surface area contributed by atoms with Crippen molar-refractivity contribution < 1.29 is 37.9 Å². The third kappa shape index (κ3) is 12.8. The Morgan fingerprint density at radius 2 is 0.770 bits per heavy atom. The van der Waals surface area contributed by atoms with Crippen molar-refractivity contribution in [3.8, 4) is 54.9 Å². The second-order valence-electron chi connectivity index (χ2n) is 13.1. The highest BCUT2D eigenvalue weighted by atomic mass is 79.9. The van der Waals surface area contributed by atoms with Crippen molar-refractivity contribution in [2.75, 3.05) is 103 Å². The van der Waals surface area contributed by atoms with E-state index in [0.29, 0.717) is 92.5 Å².